The maximum Gasteiger partial charge on any atom is 0.119 e. The summed E-state index contributed by atoms with van der Waals surface area (Å²) >= 11 is 0. The molecule has 0 saturated carbocycles. The van der Waals surface area contributed by atoms with E-state index in [1.165, 1.54) is 81.8 Å². The smallest absolute Gasteiger partial charge is 0.119 e. The lowest BCUT2D eigenvalue weighted by molar-refractivity contribution is 0.302. The van der Waals surface area contributed by atoms with Crippen LogP contribution in [0.1, 0.15) is 108 Å². The molecular weight excluding hydrogens is 604 g/mol. The quantitative estimate of drug-likeness (QED) is 0.0554. The van der Waals surface area contributed by atoms with Gasteiger partial charge in [-0.05, 0) is 116 Å². The average molecular weight is 661 g/mol. The molecule has 0 heterocycles. The van der Waals surface area contributed by atoms with Crippen molar-refractivity contribution < 1.29 is 9.47 Å². The molecule has 0 spiro atoms. The van der Waals surface area contributed by atoms with Gasteiger partial charge in [0.05, 0.1) is 36.0 Å². The van der Waals surface area contributed by atoms with Gasteiger partial charge in [-0.25, -0.2) is 0 Å². The highest BCUT2D eigenvalue weighted by Crippen LogP contribution is 2.24. The molecule has 260 valence electrons. The molecule has 0 aliphatic carbocycles. The van der Waals surface area contributed by atoms with Gasteiger partial charge in [-0.1, -0.05) is 102 Å². The van der Waals surface area contributed by atoms with Gasteiger partial charge in [-0.15, -0.1) is 0 Å². The highest BCUT2D eigenvalue weighted by Gasteiger charge is 2.00. The van der Waals surface area contributed by atoms with Crippen LogP contribution in [0.5, 0.6) is 11.5 Å². The number of ether oxygens (including phenoxy) is 2. The van der Waals surface area contributed by atoms with Crippen molar-refractivity contribution in [2.24, 2.45) is 20.5 Å². The van der Waals surface area contributed by atoms with Crippen LogP contribution in [0.4, 0.5) is 22.7 Å². The van der Waals surface area contributed by atoms with Crippen molar-refractivity contribution in [2.75, 3.05) is 13.2 Å². The zero-order valence-electron chi connectivity index (χ0n) is 29.9. The number of benzene rings is 4. The molecule has 0 bridgehead atoms. The zero-order valence-corrected chi connectivity index (χ0v) is 29.9. The van der Waals surface area contributed by atoms with Gasteiger partial charge >= 0.3 is 0 Å². The molecule has 0 aliphatic heterocycles. The van der Waals surface area contributed by atoms with Gasteiger partial charge in [0.25, 0.3) is 0 Å². The Morgan fingerprint density at radius 3 is 1.10 bits per heavy atom. The van der Waals surface area contributed by atoms with Crippen LogP contribution in [-0.2, 0) is 12.8 Å². The van der Waals surface area contributed by atoms with Gasteiger partial charge in [-0.2, -0.15) is 20.5 Å². The summed E-state index contributed by atoms with van der Waals surface area (Å²) in [6, 6.07) is 32.4. The Morgan fingerprint density at radius 1 is 0.367 bits per heavy atom. The van der Waals surface area contributed by atoms with Crippen LogP contribution >= 0.6 is 0 Å². The molecule has 4 aromatic rings. The van der Waals surface area contributed by atoms with Gasteiger partial charge in [0.2, 0.25) is 0 Å². The molecule has 0 aliphatic rings. The molecule has 0 unspecified atom stereocenters. The van der Waals surface area contributed by atoms with Gasteiger partial charge in [-0.3, -0.25) is 0 Å². The predicted octanol–water partition coefficient (Wildman–Crippen LogP) is 14.2. The molecule has 0 amide bonds. The Labute approximate surface area is 295 Å². The van der Waals surface area contributed by atoms with Crippen LogP contribution in [0, 0.1) is 0 Å². The molecule has 4 rings (SSSR count). The summed E-state index contributed by atoms with van der Waals surface area (Å²) in [5, 5.41) is 17.4. The molecule has 6 nitrogen and oxygen atoms in total. The standard InChI is InChI=1S/C43H56N4O2/c1-3-5-6-14-17-37-20-24-39(25-21-37)45-47-41-28-32-43(33-29-41)49-35-16-13-11-9-7-8-10-12-15-34-48-42-30-26-40(27-31-42)46-44-38-22-18-36(4-2)19-23-38/h18-33H,3-17,34-35H2,1-2H3. The third kappa shape index (κ3) is 15.6. The maximum atomic E-state index is 5.95. The fourth-order valence-electron chi connectivity index (χ4n) is 5.55. The van der Waals surface area contributed by atoms with Gasteiger partial charge < -0.3 is 9.47 Å². The number of rotatable bonds is 24. The first-order valence-electron chi connectivity index (χ1n) is 18.7. The molecule has 0 saturated heterocycles. The van der Waals surface area contributed by atoms with E-state index < -0.39 is 0 Å². The van der Waals surface area contributed by atoms with E-state index in [2.05, 4.69) is 70.7 Å². The molecule has 0 fully saturated rings. The summed E-state index contributed by atoms with van der Waals surface area (Å²) in [6.45, 7) is 5.91. The molecule has 0 radical (unpaired) electrons. The lowest BCUT2D eigenvalue weighted by Gasteiger charge is -2.07. The first-order chi connectivity index (χ1) is 24.2. The summed E-state index contributed by atoms with van der Waals surface area (Å²) in [4.78, 5) is 0. The lowest BCUT2D eigenvalue weighted by Crippen LogP contribution is -1.97. The van der Waals surface area contributed by atoms with E-state index in [0.717, 1.165) is 73.1 Å². The Hall–Kier alpha value is -4.32. The van der Waals surface area contributed by atoms with Crippen molar-refractivity contribution in [1.29, 1.82) is 0 Å². The van der Waals surface area contributed by atoms with Crippen molar-refractivity contribution >= 4 is 22.7 Å². The number of nitrogens with zero attached hydrogens (tertiary/aromatic N) is 4. The second-order valence-corrected chi connectivity index (χ2v) is 12.8. The monoisotopic (exact) mass is 660 g/mol. The fraction of sp³-hybridized carbons (Fsp3) is 0.442. The van der Waals surface area contributed by atoms with Crippen LogP contribution in [0.3, 0.4) is 0 Å². The first-order valence-corrected chi connectivity index (χ1v) is 18.7. The molecule has 6 heteroatoms. The van der Waals surface area contributed by atoms with Crippen LogP contribution in [0.2, 0.25) is 0 Å². The highest BCUT2D eigenvalue weighted by molar-refractivity contribution is 5.44. The summed E-state index contributed by atoms with van der Waals surface area (Å²) in [5.74, 6) is 1.78. The van der Waals surface area contributed by atoms with E-state index >= 15 is 0 Å². The Kier molecular flexibility index (Phi) is 17.7. The van der Waals surface area contributed by atoms with E-state index in [9.17, 15) is 0 Å². The van der Waals surface area contributed by atoms with Crippen LogP contribution in [-0.4, -0.2) is 13.2 Å². The predicted molar refractivity (Wildman–Crippen MR) is 204 cm³/mol. The average Bonchev–Trinajstić information content (AvgIpc) is 3.15. The second-order valence-electron chi connectivity index (χ2n) is 12.8. The third-order valence-electron chi connectivity index (χ3n) is 8.66. The van der Waals surface area contributed by atoms with E-state index in [0.29, 0.717) is 0 Å². The van der Waals surface area contributed by atoms with Crippen molar-refractivity contribution in [3.05, 3.63) is 108 Å². The van der Waals surface area contributed by atoms with Crippen LogP contribution in [0.25, 0.3) is 0 Å². The Balaban J connectivity index is 0.954. The normalized spacial score (nSPS) is 11.5. The van der Waals surface area contributed by atoms with Gasteiger partial charge in [0.15, 0.2) is 0 Å². The Bertz CT molecular complexity index is 1480. The minimum atomic E-state index is 0.755. The number of azo groups is 2. The number of hydrogen-bond donors (Lipinski definition) is 0. The van der Waals surface area contributed by atoms with Gasteiger partial charge in [0.1, 0.15) is 11.5 Å². The molecule has 49 heavy (non-hydrogen) atoms. The molecule has 0 atom stereocenters. The van der Waals surface area contributed by atoms with Crippen molar-refractivity contribution in [3.63, 3.8) is 0 Å². The topological polar surface area (TPSA) is 67.9 Å². The second kappa shape index (κ2) is 23.1. The van der Waals surface area contributed by atoms with E-state index in [1.54, 1.807) is 0 Å². The summed E-state index contributed by atoms with van der Waals surface area (Å²) in [7, 11) is 0. The van der Waals surface area contributed by atoms with Crippen molar-refractivity contribution in [2.45, 2.75) is 110 Å². The largest absolute Gasteiger partial charge is 0.494 e. The summed E-state index contributed by atoms with van der Waals surface area (Å²) in [5.41, 5.74) is 6.09. The lowest BCUT2D eigenvalue weighted by atomic mass is 10.1. The SMILES string of the molecule is CCCCCCc1ccc(N=Nc2ccc(OCCCCCCCCCCCOc3ccc(N=Nc4ccc(CC)cc4)cc3)cc2)cc1. The zero-order chi connectivity index (χ0) is 34.2. The Morgan fingerprint density at radius 2 is 0.714 bits per heavy atom. The highest BCUT2D eigenvalue weighted by atomic mass is 16.5. The molecular formula is C43H56N4O2. The van der Waals surface area contributed by atoms with E-state index in [4.69, 9.17) is 9.47 Å². The van der Waals surface area contributed by atoms with Crippen molar-refractivity contribution in [3.8, 4) is 11.5 Å². The minimum Gasteiger partial charge on any atom is -0.494 e. The maximum absolute atomic E-state index is 5.95. The first kappa shape index (κ1) is 37.5. The summed E-state index contributed by atoms with van der Waals surface area (Å²) < 4.78 is 11.9. The summed E-state index contributed by atoms with van der Waals surface area (Å²) in [6.07, 6.45) is 18.4. The number of hydrogen-bond acceptors (Lipinski definition) is 6. The van der Waals surface area contributed by atoms with Gasteiger partial charge in [0, 0.05) is 0 Å². The fourth-order valence-corrected chi connectivity index (χ4v) is 5.55. The number of unbranched alkanes of at least 4 members (excludes halogenated alkanes) is 11. The van der Waals surface area contributed by atoms with Crippen LogP contribution < -0.4 is 9.47 Å². The molecule has 0 N–H and O–H groups in total. The van der Waals surface area contributed by atoms with Crippen molar-refractivity contribution in [1.82, 2.24) is 0 Å². The number of aryl methyl sites for hydroxylation is 2. The van der Waals surface area contributed by atoms with Crippen LogP contribution in [0.15, 0.2) is 118 Å². The molecule has 0 aromatic heterocycles. The molecule has 4 aromatic carbocycles. The van der Waals surface area contributed by atoms with E-state index in [-0.39, 0.29) is 0 Å². The van der Waals surface area contributed by atoms with E-state index in [1.807, 2.05) is 60.7 Å². The minimum absolute atomic E-state index is 0.755. The third-order valence-corrected chi connectivity index (χ3v) is 8.66.